The third kappa shape index (κ3) is 2.67. The van der Waals surface area contributed by atoms with E-state index in [-0.39, 0.29) is 11.8 Å². The maximum absolute atomic E-state index is 12.7. The summed E-state index contributed by atoms with van der Waals surface area (Å²) in [6.45, 7) is 0.588. The van der Waals surface area contributed by atoms with Crippen molar-refractivity contribution in [3.63, 3.8) is 0 Å². The maximum atomic E-state index is 12.7. The number of anilines is 1. The summed E-state index contributed by atoms with van der Waals surface area (Å²) in [6.07, 6.45) is 5.76. The molecule has 1 saturated heterocycles. The Kier molecular flexibility index (Phi) is 3.59. The third-order valence-electron chi connectivity index (χ3n) is 6.15. The normalized spacial score (nSPS) is 18.7. The average molecular weight is 384 g/mol. The van der Waals surface area contributed by atoms with Gasteiger partial charge in [-0.1, -0.05) is 17.3 Å². The zero-order valence-corrected chi connectivity index (χ0v) is 15.9. The highest BCUT2D eigenvalue weighted by Crippen LogP contribution is 2.34. The lowest BCUT2D eigenvalue weighted by molar-refractivity contribution is -0.117. The molecule has 0 bridgehead atoms. The molecule has 6 rings (SSSR count). The Morgan fingerprint density at radius 2 is 2.03 bits per heavy atom. The van der Waals surface area contributed by atoms with Gasteiger partial charge in [-0.05, 0) is 60.7 Å². The van der Waals surface area contributed by atoms with Gasteiger partial charge in [-0.25, -0.2) is 0 Å². The monoisotopic (exact) mass is 384 g/mol. The van der Waals surface area contributed by atoms with Crippen molar-refractivity contribution < 1.29 is 9.32 Å². The SMILES string of the molecule is O=C1CC(c2noc(-c3cccc4[nH]ccc34)n2)CN1c1ccc2c(c1)CCC2. The van der Waals surface area contributed by atoms with Gasteiger partial charge in [-0.2, -0.15) is 4.98 Å². The molecule has 6 heteroatoms. The van der Waals surface area contributed by atoms with Crippen LogP contribution in [0, 0.1) is 0 Å². The Labute approximate surface area is 167 Å². The molecule has 2 aliphatic rings. The van der Waals surface area contributed by atoms with Crippen molar-refractivity contribution in [1.29, 1.82) is 0 Å². The van der Waals surface area contributed by atoms with Gasteiger partial charge < -0.3 is 14.4 Å². The summed E-state index contributed by atoms with van der Waals surface area (Å²) in [4.78, 5) is 22.4. The molecule has 1 aliphatic heterocycles. The number of rotatable bonds is 3. The fraction of sp³-hybridized carbons (Fsp3) is 0.261. The molecule has 0 saturated carbocycles. The first-order valence-corrected chi connectivity index (χ1v) is 10.1. The summed E-state index contributed by atoms with van der Waals surface area (Å²) in [6, 6.07) is 14.4. The molecule has 0 radical (unpaired) electrons. The van der Waals surface area contributed by atoms with Crippen LogP contribution in [0.5, 0.6) is 0 Å². The lowest BCUT2D eigenvalue weighted by Gasteiger charge is -2.17. The van der Waals surface area contributed by atoms with E-state index in [1.807, 2.05) is 35.4 Å². The van der Waals surface area contributed by atoms with Gasteiger partial charge in [0.2, 0.25) is 5.91 Å². The molecule has 3 heterocycles. The first kappa shape index (κ1) is 16.5. The van der Waals surface area contributed by atoms with Gasteiger partial charge in [0.25, 0.3) is 5.89 Å². The van der Waals surface area contributed by atoms with Crippen molar-refractivity contribution in [1.82, 2.24) is 15.1 Å². The third-order valence-corrected chi connectivity index (χ3v) is 6.15. The Bertz CT molecular complexity index is 1240. The molecular formula is C23H20N4O2. The fourth-order valence-electron chi connectivity index (χ4n) is 4.64. The molecule has 144 valence electrons. The van der Waals surface area contributed by atoms with E-state index in [9.17, 15) is 4.79 Å². The summed E-state index contributed by atoms with van der Waals surface area (Å²) in [5, 5.41) is 5.26. The van der Waals surface area contributed by atoms with E-state index in [1.54, 1.807) is 0 Å². The minimum absolute atomic E-state index is 0.0568. The second-order valence-corrected chi connectivity index (χ2v) is 7.91. The number of nitrogens with one attached hydrogen (secondary N) is 1. The lowest BCUT2D eigenvalue weighted by atomic mass is 10.1. The van der Waals surface area contributed by atoms with E-state index in [0.29, 0.717) is 24.7 Å². The molecule has 0 spiro atoms. The van der Waals surface area contributed by atoms with E-state index in [1.165, 1.54) is 17.5 Å². The second kappa shape index (κ2) is 6.30. The number of aryl methyl sites for hydroxylation is 2. The number of fused-ring (bicyclic) bond motifs is 2. The molecule has 29 heavy (non-hydrogen) atoms. The summed E-state index contributed by atoms with van der Waals surface area (Å²) in [5.74, 6) is 1.16. The summed E-state index contributed by atoms with van der Waals surface area (Å²) in [7, 11) is 0. The van der Waals surface area contributed by atoms with Crippen LogP contribution in [0.3, 0.4) is 0 Å². The van der Waals surface area contributed by atoms with E-state index in [4.69, 9.17) is 4.52 Å². The molecule has 1 atom stereocenters. The van der Waals surface area contributed by atoms with Gasteiger partial charge in [0.15, 0.2) is 5.82 Å². The van der Waals surface area contributed by atoms with Gasteiger partial charge in [0.05, 0.1) is 0 Å². The molecule has 1 N–H and O–H groups in total. The van der Waals surface area contributed by atoms with Gasteiger partial charge in [0.1, 0.15) is 0 Å². The summed E-state index contributed by atoms with van der Waals surface area (Å²) < 4.78 is 5.57. The van der Waals surface area contributed by atoms with Crippen molar-refractivity contribution in [2.24, 2.45) is 0 Å². The number of nitrogens with zero attached hydrogens (tertiary/aromatic N) is 3. The smallest absolute Gasteiger partial charge is 0.258 e. The number of aromatic amines is 1. The zero-order valence-electron chi connectivity index (χ0n) is 15.9. The lowest BCUT2D eigenvalue weighted by Crippen LogP contribution is -2.24. The minimum atomic E-state index is -0.0568. The van der Waals surface area contributed by atoms with Crippen LogP contribution in [-0.2, 0) is 17.6 Å². The predicted molar refractivity (Wildman–Crippen MR) is 110 cm³/mol. The molecule has 2 aromatic carbocycles. The van der Waals surface area contributed by atoms with Crippen LogP contribution in [0.15, 0.2) is 53.2 Å². The van der Waals surface area contributed by atoms with E-state index in [2.05, 4.69) is 33.3 Å². The first-order valence-electron chi connectivity index (χ1n) is 10.1. The summed E-state index contributed by atoms with van der Waals surface area (Å²) in [5.41, 5.74) is 5.71. The molecule has 4 aromatic rings. The van der Waals surface area contributed by atoms with E-state index in [0.717, 1.165) is 35.0 Å². The van der Waals surface area contributed by atoms with Crippen molar-refractivity contribution in [3.05, 3.63) is 65.6 Å². The van der Waals surface area contributed by atoms with Crippen LogP contribution >= 0.6 is 0 Å². The van der Waals surface area contributed by atoms with Gasteiger partial charge in [-0.15, -0.1) is 0 Å². The fourth-order valence-corrected chi connectivity index (χ4v) is 4.64. The molecule has 1 fully saturated rings. The van der Waals surface area contributed by atoms with Crippen molar-refractivity contribution in [2.75, 3.05) is 11.4 Å². The minimum Gasteiger partial charge on any atom is -0.361 e. The average Bonchev–Trinajstić information content (AvgIpc) is 3.51. The van der Waals surface area contributed by atoms with Gasteiger partial charge in [-0.3, -0.25) is 4.79 Å². The largest absolute Gasteiger partial charge is 0.361 e. The number of carbonyl (C=O) groups is 1. The Morgan fingerprint density at radius 1 is 1.10 bits per heavy atom. The second-order valence-electron chi connectivity index (χ2n) is 7.91. The predicted octanol–water partition coefficient (Wildman–Crippen LogP) is 4.23. The first-order chi connectivity index (χ1) is 14.3. The number of hydrogen-bond acceptors (Lipinski definition) is 4. The molecule has 1 aliphatic carbocycles. The van der Waals surface area contributed by atoms with Crippen molar-refractivity contribution in [3.8, 4) is 11.5 Å². The highest BCUT2D eigenvalue weighted by molar-refractivity contribution is 5.96. The molecule has 1 amide bonds. The van der Waals surface area contributed by atoms with Crippen LogP contribution in [0.2, 0.25) is 0 Å². The molecular weight excluding hydrogens is 364 g/mol. The van der Waals surface area contributed by atoms with Crippen molar-refractivity contribution in [2.45, 2.75) is 31.6 Å². The van der Waals surface area contributed by atoms with Crippen molar-refractivity contribution >= 4 is 22.5 Å². The number of carbonyl (C=O) groups excluding carboxylic acids is 1. The number of aromatic nitrogens is 3. The van der Waals surface area contributed by atoms with Crippen LogP contribution < -0.4 is 4.90 Å². The number of hydrogen-bond donors (Lipinski definition) is 1. The van der Waals surface area contributed by atoms with Crippen LogP contribution in [0.1, 0.15) is 35.7 Å². The Hall–Kier alpha value is -3.41. The summed E-state index contributed by atoms with van der Waals surface area (Å²) >= 11 is 0. The Balaban J connectivity index is 1.28. The molecule has 6 nitrogen and oxygen atoms in total. The maximum Gasteiger partial charge on any atom is 0.258 e. The number of amides is 1. The standard InChI is InChI=1S/C23H20N4O2/c28-21-12-16(13-27(21)17-8-7-14-3-1-4-15(14)11-17)22-25-23(29-26-22)19-5-2-6-20-18(19)9-10-24-20/h2,5-11,16,24H,1,3-4,12-13H2. The quantitative estimate of drug-likeness (QED) is 0.574. The zero-order chi connectivity index (χ0) is 19.4. The van der Waals surface area contributed by atoms with E-state index < -0.39 is 0 Å². The Morgan fingerprint density at radius 3 is 3.00 bits per heavy atom. The van der Waals surface area contributed by atoms with Crippen LogP contribution in [-0.4, -0.2) is 27.6 Å². The van der Waals surface area contributed by atoms with Crippen LogP contribution in [0.25, 0.3) is 22.4 Å². The topological polar surface area (TPSA) is 75.0 Å². The van der Waals surface area contributed by atoms with Gasteiger partial charge >= 0.3 is 0 Å². The van der Waals surface area contributed by atoms with E-state index >= 15 is 0 Å². The molecule has 2 aromatic heterocycles. The highest BCUT2D eigenvalue weighted by atomic mass is 16.5. The number of benzene rings is 2. The highest BCUT2D eigenvalue weighted by Gasteiger charge is 2.35. The van der Waals surface area contributed by atoms with Crippen LogP contribution in [0.4, 0.5) is 5.69 Å². The number of H-pyrrole nitrogens is 1. The van der Waals surface area contributed by atoms with Gasteiger partial charge in [0, 0.05) is 47.2 Å². The molecule has 1 unspecified atom stereocenters.